The minimum Gasteiger partial charge on any atom is -0.329 e. The molecule has 20 heavy (non-hydrogen) atoms. The number of aryl methyl sites for hydroxylation is 1. The number of halogens is 1. The van der Waals surface area contributed by atoms with Crippen molar-refractivity contribution in [2.75, 3.05) is 12.3 Å². The van der Waals surface area contributed by atoms with Gasteiger partial charge in [0.1, 0.15) is 0 Å². The summed E-state index contributed by atoms with van der Waals surface area (Å²) in [7, 11) is -3.30. The number of benzene rings is 1. The molecule has 1 rings (SSSR count). The predicted octanol–water partition coefficient (Wildman–Crippen LogP) is 2.09. The van der Waals surface area contributed by atoms with Crippen LogP contribution in [0.4, 0.5) is 0 Å². The predicted molar refractivity (Wildman–Crippen MR) is 86.7 cm³/mol. The van der Waals surface area contributed by atoms with Gasteiger partial charge in [-0.15, -0.1) is 12.4 Å². The summed E-state index contributed by atoms with van der Waals surface area (Å²) in [6, 6.07) is 9.62. The Hall–Kier alpha value is -0.620. The van der Waals surface area contributed by atoms with Gasteiger partial charge < -0.3 is 5.73 Å². The number of hydrogen-bond acceptors (Lipinski definition) is 3. The van der Waals surface area contributed by atoms with Gasteiger partial charge in [-0.2, -0.15) is 0 Å². The van der Waals surface area contributed by atoms with Crippen molar-refractivity contribution in [3.8, 4) is 0 Å². The number of hydrogen-bond donors (Lipinski definition) is 2. The maximum Gasteiger partial charge on any atom is 0.212 e. The van der Waals surface area contributed by atoms with Crippen LogP contribution in [0.25, 0.3) is 0 Å². The Labute approximate surface area is 128 Å². The van der Waals surface area contributed by atoms with Crippen LogP contribution < -0.4 is 10.5 Å². The van der Waals surface area contributed by atoms with Crippen molar-refractivity contribution in [2.24, 2.45) is 5.73 Å². The monoisotopic (exact) mass is 320 g/mol. The molecule has 1 aromatic carbocycles. The third-order valence-electron chi connectivity index (χ3n) is 3.62. The van der Waals surface area contributed by atoms with Crippen molar-refractivity contribution in [3.05, 3.63) is 35.9 Å². The van der Waals surface area contributed by atoms with Crippen molar-refractivity contribution >= 4 is 22.4 Å². The van der Waals surface area contributed by atoms with Crippen LogP contribution in [0.3, 0.4) is 0 Å². The van der Waals surface area contributed by atoms with E-state index in [-0.39, 0.29) is 18.2 Å². The molecule has 3 N–H and O–H groups in total. The van der Waals surface area contributed by atoms with Crippen molar-refractivity contribution in [3.63, 3.8) is 0 Å². The molecule has 0 fully saturated rings. The van der Waals surface area contributed by atoms with Gasteiger partial charge in [-0.3, -0.25) is 0 Å². The van der Waals surface area contributed by atoms with Crippen LogP contribution in [0.5, 0.6) is 0 Å². The second-order valence-electron chi connectivity index (χ2n) is 4.85. The minimum atomic E-state index is -3.30. The Morgan fingerprint density at radius 1 is 1.15 bits per heavy atom. The second-order valence-corrected chi connectivity index (χ2v) is 6.69. The topological polar surface area (TPSA) is 72.2 Å². The maximum atomic E-state index is 12.1. The van der Waals surface area contributed by atoms with E-state index >= 15 is 0 Å². The molecule has 0 aliphatic rings. The lowest BCUT2D eigenvalue weighted by atomic mass is 9.95. The molecule has 0 amide bonds. The lowest BCUT2D eigenvalue weighted by Gasteiger charge is -2.31. The zero-order chi connectivity index (χ0) is 14.4. The van der Waals surface area contributed by atoms with Crippen LogP contribution >= 0.6 is 12.4 Å². The Bertz CT molecular complexity index is 465. The SMILES string of the molecule is CCC(CC)(CN)NS(=O)(=O)CCc1ccccc1.Cl. The molecule has 0 aliphatic carbocycles. The van der Waals surface area contributed by atoms with E-state index in [2.05, 4.69) is 4.72 Å². The molecular weight excluding hydrogens is 296 g/mol. The average Bonchev–Trinajstić information content (AvgIpc) is 2.44. The van der Waals surface area contributed by atoms with Crippen LogP contribution in [0.15, 0.2) is 30.3 Å². The van der Waals surface area contributed by atoms with Gasteiger partial charge in [0.05, 0.1) is 5.75 Å². The van der Waals surface area contributed by atoms with E-state index in [0.717, 1.165) is 5.56 Å². The van der Waals surface area contributed by atoms with Crippen molar-refractivity contribution in [1.29, 1.82) is 0 Å². The first kappa shape index (κ1) is 19.4. The van der Waals surface area contributed by atoms with E-state index < -0.39 is 15.6 Å². The summed E-state index contributed by atoms with van der Waals surface area (Å²) in [5.41, 5.74) is 6.24. The van der Waals surface area contributed by atoms with E-state index in [1.54, 1.807) is 0 Å². The van der Waals surface area contributed by atoms with E-state index in [0.29, 0.717) is 25.8 Å². The molecule has 0 radical (unpaired) electrons. The van der Waals surface area contributed by atoms with E-state index in [4.69, 9.17) is 5.73 Å². The summed E-state index contributed by atoms with van der Waals surface area (Å²) in [6.45, 7) is 4.23. The third-order valence-corrected chi connectivity index (χ3v) is 5.10. The second kappa shape index (κ2) is 8.62. The molecule has 0 unspecified atom stereocenters. The van der Waals surface area contributed by atoms with E-state index in [1.165, 1.54) is 0 Å². The molecule has 0 bridgehead atoms. The highest BCUT2D eigenvalue weighted by Crippen LogP contribution is 2.15. The van der Waals surface area contributed by atoms with E-state index in [9.17, 15) is 8.42 Å². The maximum absolute atomic E-state index is 12.1. The molecule has 0 aliphatic heterocycles. The van der Waals surface area contributed by atoms with Crippen molar-refractivity contribution in [2.45, 2.75) is 38.6 Å². The lowest BCUT2D eigenvalue weighted by molar-refractivity contribution is 0.363. The van der Waals surface area contributed by atoms with Gasteiger partial charge in [0.15, 0.2) is 0 Å². The Kier molecular flexibility index (Phi) is 8.35. The molecule has 0 atom stereocenters. The molecule has 4 nitrogen and oxygen atoms in total. The fraction of sp³-hybridized carbons (Fsp3) is 0.571. The highest BCUT2D eigenvalue weighted by Gasteiger charge is 2.29. The first-order valence-electron chi connectivity index (χ1n) is 6.72. The Morgan fingerprint density at radius 3 is 2.15 bits per heavy atom. The van der Waals surface area contributed by atoms with Crippen LogP contribution in [0, 0.1) is 0 Å². The number of sulfonamides is 1. The van der Waals surface area contributed by atoms with Crippen molar-refractivity contribution in [1.82, 2.24) is 4.72 Å². The average molecular weight is 321 g/mol. The number of nitrogens with two attached hydrogens (primary N) is 1. The van der Waals surface area contributed by atoms with Gasteiger partial charge >= 0.3 is 0 Å². The van der Waals surface area contributed by atoms with Crippen LogP contribution in [-0.2, 0) is 16.4 Å². The summed E-state index contributed by atoms with van der Waals surface area (Å²) < 4.78 is 27.0. The normalized spacial score (nSPS) is 11.9. The fourth-order valence-electron chi connectivity index (χ4n) is 2.00. The van der Waals surface area contributed by atoms with Crippen molar-refractivity contribution < 1.29 is 8.42 Å². The number of rotatable bonds is 8. The standard InChI is InChI=1S/C14H24N2O2S.ClH/c1-3-14(4-2,12-15)16-19(17,18)11-10-13-8-6-5-7-9-13;/h5-9,16H,3-4,10-12,15H2,1-2H3;1H. The molecule has 0 spiro atoms. The summed E-state index contributed by atoms with van der Waals surface area (Å²) in [4.78, 5) is 0. The lowest BCUT2D eigenvalue weighted by Crippen LogP contribution is -2.53. The largest absolute Gasteiger partial charge is 0.329 e. The molecule has 0 saturated carbocycles. The van der Waals surface area contributed by atoms with Gasteiger partial charge in [-0.1, -0.05) is 44.2 Å². The summed E-state index contributed by atoms with van der Waals surface area (Å²) in [6.07, 6.45) is 1.92. The zero-order valence-electron chi connectivity index (χ0n) is 12.1. The molecule has 6 heteroatoms. The summed E-state index contributed by atoms with van der Waals surface area (Å²) in [5.74, 6) is 0.0960. The van der Waals surface area contributed by atoms with Gasteiger partial charge in [0, 0.05) is 12.1 Å². The van der Waals surface area contributed by atoms with Gasteiger partial charge in [0.25, 0.3) is 0 Å². The minimum absolute atomic E-state index is 0. The first-order valence-corrected chi connectivity index (χ1v) is 8.38. The van der Waals surface area contributed by atoms with Crippen LogP contribution in [0.2, 0.25) is 0 Å². The van der Waals surface area contributed by atoms with E-state index in [1.807, 2.05) is 44.2 Å². The third kappa shape index (κ3) is 5.79. The summed E-state index contributed by atoms with van der Waals surface area (Å²) in [5, 5.41) is 0. The highest BCUT2D eigenvalue weighted by atomic mass is 35.5. The van der Waals surface area contributed by atoms with Crippen LogP contribution in [-0.4, -0.2) is 26.3 Å². The molecule has 0 aromatic heterocycles. The molecule has 116 valence electrons. The first-order chi connectivity index (χ1) is 8.97. The fourth-order valence-corrected chi connectivity index (χ4v) is 3.64. The quantitative estimate of drug-likeness (QED) is 0.770. The molecule has 0 heterocycles. The Morgan fingerprint density at radius 2 is 1.70 bits per heavy atom. The smallest absolute Gasteiger partial charge is 0.212 e. The molecule has 0 saturated heterocycles. The number of nitrogens with one attached hydrogen (secondary N) is 1. The molecular formula is C14H25ClN2O2S. The summed E-state index contributed by atoms with van der Waals surface area (Å²) >= 11 is 0. The van der Waals surface area contributed by atoms with Gasteiger partial charge in [0.2, 0.25) is 10.0 Å². The van der Waals surface area contributed by atoms with Gasteiger partial charge in [-0.05, 0) is 24.8 Å². The zero-order valence-corrected chi connectivity index (χ0v) is 13.8. The highest BCUT2D eigenvalue weighted by molar-refractivity contribution is 7.89. The Balaban J connectivity index is 0.00000361. The molecule has 1 aromatic rings. The van der Waals surface area contributed by atoms with Crippen LogP contribution in [0.1, 0.15) is 32.3 Å². The van der Waals surface area contributed by atoms with Gasteiger partial charge in [-0.25, -0.2) is 13.1 Å².